The lowest BCUT2D eigenvalue weighted by atomic mass is 10.2. The van der Waals surface area contributed by atoms with Gasteiger partial charge in [0.1, 0.15) is 29.6 Å². The van der Waals surface area contributed by atoms with Crippen molar-refractivity contribution in [2.24, 2.45) is 0 Å². The van der Waals surface area contributed by atoms with Gasteiger partial charge < -0.3 is 9.84 Å². The maximum absolute atomic E-state index is 13.4. The van der Waals surface area contributed by atoms with Gasteiger partial charge in [-0.2, -0.15) is 0 Å². The van der Waals surface area contributed by atoms with E-state index in [9.17, 15) is 13.6 Å². The van der Waals surface area contributed by atoms with Crippen molar-refractivity contribution in [3.05, 3.63) is 63.6 Å². The van der Waals surface area contributed by atoms with E-state index >= 15 is 0 Å². The number of carboxylic acid groups (broad SMARTS) is 1. The number of carbonyl (C=O) groups is 1. The number of carboxylic acids is 1. The van der Waals surface area contributed by atoms with Crippen molar-refractivity contribution in [3.63, 3.8) is 0 Å². The zero-order valence-corrected chi connectivity index (χ0v) is 11.7. The number of aromatic carboxylic acids is 1. The fourth-order valence-electron chi connectivity index (χ4n) is 1.65. The van der Waals surface area contributed by atoms with Gasteiger partial charge in [-0.3, -0.25) is 0 Å². The average molecular weight is 343 g/mol. The Kier molecular flexibility index (Phi) is 4.34. The predicted octanol–water partition coefficient (Wildman–Crippen LogP) is 4.00. The third kappa shape index (κ3) is 2.96. The lowest BCUT2D eigenvalue weighted by molar-refractivity contribution is 0.0686. The summed E-state index contributed by atoms with van der Waals surface area (Å²) in [7, 11) is 0. The molecule has 1 N–H and O–H groups in total. The van der Waals surface area contributed by atoms with Crippen LogP contribution in [0, 0.1) is 11.6 Å². The van der Waals surface area contributed by atoms with Crippen molar-refractivity contribution in [1.29, 1.82) is 0 Å². The molecule has 2 aromatic rings. The highest BCUT2D eigenvalue weighted by Crippen LogP contribution is 2.25. The van der Waals surface area contributed by atoms with Gasteiger partial charge in [-0.25, -0.2) is 13.6 Å². The molecule has 0 fully saturated rings. The largest absolute Gasteiger partial charge is 0.488 e. The molecule has 3 nitrogen and oxygen atoms in total. The molecule has 0 aliphatic carbocycles. The molecule has 0 saturated carbocycles. The molecule has 0 aliphatic heterocycles. The van der Waals surface area contributed by atoms with Crippen LogP contribution in [0.4, 0.5) is 8.78 Å². The molecule has 6 heteroatoms. The van der Waals surface area contributed by atoms with Crippen LogP contribution >= 0.6 is 15.9 Å². The van der Waals surface area contributed by atoms with Gasteiger partial charge in [0.05, 0.1) is 4.47 Å². The number of ether oxygens (including phenoxy) is 1. The molecule has 0 heterocycles. The maximum atomic E-state index is 13.4. The fraction of sp³-hybridized carbons (Fsp3) is 0.0714. The highest BCUT2D eigenvalue weighted by Gasteiger charge is 2.17. The molecule has 0 atom stereocenters. The summed E-state index contributed by atoms with van der Waals surface area (Å²) in [4.78, 5) is 11.0. The zero-order valence-electron chi connectivity index (χ0n) is 10.1. The van der Waals surface area contributed by atoms with Gasteiger partial charge in [-0.05, 0) is 34.1 Å². The van der Waals surface area contributed by atoms with Crippen molar-refractivity contribution >= 4 is 21.9 Å². The molecule has 0 bridgehead atoms. The first-order chi connectivity index (χ1) is 9.50. The number of benzene rings is 2. The number of hydrogen-bond acceptors (Lipinski definition) is 2. The molecular weight excluding hydrogens is 334 g/mol. The molecular formula is C14H9BrF2O3. The Labute approximate surface area is 121 Å². The van der Waals surface area contributed by atoms with E-state index in [4.69, 9.17) is 9.84 Å². The van der Waals surface area contributed by atoms with Crippen molar-refractivity contribution in [3.8, 4) is 5.75 Å². The van der Waals surface area contributed by atoms with Crippen molar-refractivity contribution in [1.82, 2.24) is 0 Å². The summed E-state index contributed by atoms with van der Waals surface area (Å²) in [5, 5.41) is 8.95. The molecule has 0 radical (unpaired) electrons. The Morgan fingerprint density at radius 2 is 1.80 bits per heavy atom. The molecule has 2 rings (SSSR count). The minimum absolute atomic E-state index is 0.0813. The first kappa shape index (κ1) is 14.5. The highest BCUT2D eigenvalue weighted by atomic mass is 79.9. The predicted molar refractivity (Wildman–Crippen MR) is 71.8 cm³/mol. The second-order valence-electron chi connectivity index (χ2n) is 3.92. The molecule has 0 unspecified atom stereocenters. The SMILES string of the molecule is O=C(O)c1c(F)cccc1OCc1cccc(F)c1Br. The first-order valence-corrected chi connectivity index (χ1v) is 6.37. The second kappa shape index (κ2) is 6.00. The Balaban J connectivity index is 2.26. The van der Waals surface area contributed by atoms with Crippen molar-refractivity contribution in [2.45, 2.75) is 6.61 Å². The van der Waals surface area contributed by atoms with E-state index in [1.807, 2.05) is 0 Å². The van der Waals surface area contributed by atoms with E-state index in [0.717, 1.165) is 6.07 Å². The molecule has 0 aliphatic rings. The summed E-state index contributed by atoms with van der Waals surface area (Å²) in [5.74, 6) is -2.86. The quantitative estimate of drug-likeness (QED) is 0.913. The third-order valence-electron chi connectivity index (χ3n) is 2.60. The van der Waals surface area contributed by atoms with Crippen LogP contribution in [0.5, 0.6) is 5.75 Å². The van der Waals surface area contributed by atoms with Crippen LogP contribution in [0.15, 0.2) is 40.9 Å². The van der Waals surface area contributed by atoms with E-state index in [-0.39, 0.29) is 16.8 Å². The van der Waals surface area contributed by atoms with Crippen LogP contribution in [0.2, 0.25) is 0 Å². The maximum Gasteiger partial charge on any atom is 0.342 e. The lowest BCUT2D eigenvalue weighted by Gasteiger charge is -2.11. The summed E-state index contributed by atoms with van der Waals surface area (Å²) in [5.41, 5.74) is -0.0503. The Morgan fingerprint density at radius 1 is 1.15 bits per heavy atom. The van der Waals surface area contributed by atoms with Crippen molar-refractivity contribution < 1.29 is 23.4 Å². The standard InChI is InChI=1S/C14H9BrF2O3/c15-13-8(3-1-5-10(13)17)7-20-11-6-2-4-9(16)12(11)14(18)19/h1-6H,7H2,(H,18,19). The van der Waals surface area contributed by atoms with Gasteiger partial charge in [-0.15, -0.1) is 0 Å². The zero-order chi connectivity index (χ0) is 14.7. The second-order valence-corrected chi connectivity index (χ2v) is 4.71. The number of halogens is 3. The van der Waals surface area contributed by atoms with Crippen LogP contribution in [-0.4, -0.2) is 11.1 Å². The summed E-state index contributed by atoms with van der Waals surface area (Å²) < 4.78 is 32.3. The van der Waals surface area contributed by atoms with E-state index in [0.29, 0.717) is 5.56 Å². The smallest absolute Gasteiger partial charge is 0.342 e. The average Bonchev–Trinajstić information content (AvgIpc) is 2.40. The van der Waals surface area contributed by atoms with Crippen LogP contribution in [0.25, 0.3) is 0 Å². The van der Waals surface area contributed by atoms with Crippen LogP contribution in [0.1, 0.15) is 15.9 Å². The van der Waals surface area contributed by atoms with Gasteiger partial charge in [0.15, 0.2) is 0 Å². The molecule has 0 amide bonds. The van der Waals surface area contributed by atoms with Crippen LogP contribution in [0.3, 0.4) is 0 Å². The molecule has 0 spiro atoms. The minimum atomic E-state index is -1.42. The summed E-state index contributed by atoms with van der Waals surface area (Å²) in [6.07, 6.45) is 0. The lowest BCUT2D eigenvalue weighted by Crippen LogP contribution is -2.06. The molecule has 0 saturated heterocycles. The van der Waals surface area contributed by atoms with E-state index in [2.05, 4.69) is 15.9 Å². The van der Waals surface area contributed by atoms with Crippen LogP contribution in [-0.2, 0) is 6.61 Å². The molecule has 20 heavy (non-hydrogen) atoms. The normalized spacial score (nSPS) is 10.3. The third-order valence-corrected chi connectivity index (χ3v) is 3.49. The van der Waals surface area contributed by atoms with Gasteiger partial charge in [0.2, 0.25) is 0 Å². The fourth-order valence-corrected chi connectivity index (χ4v) is 2.03. The summed E-state index contributed by atoms with van der Waals surface area (Å²) in [6.45, 7) is -0.0813. The topological polar surface area (TPSA) is 46.5 Å². The van der Waals surface area contributed by atoms with E-state index < -0.39 is 23.2 Å². The summed E-state index contributed by atoms with van der Waals surface area (Å²) in [6, 6.07) is 8.12. The molecule has 0 aromatic heterocycles. The van der Waals surface area contributed by atoms with E-state index in [1.165, 1.54) is 24.3 Å². The Hall–Kier alpha value is -1.95. The summed E-state index contributed by atoms with van der Waals surface area (Å²) >= 11 is 3.07. The monoisotopic (exact) mass is 342 g/mol. The first-order valence-electron chi connectivity index (χ1n) is 5.58. The van der Waals surface area contributed by atoms with Gasteiger partial charge in [-0.1, -0.05) is 18.2 Å². The van der Waals surface area contributed by atoms with Gasteiger partial charge >= 0.3 is 5.97 Å². The number of hydrogen-bond donors (Lipinski definition) is 1. The number of rotatable bonds is 4. The minimum Gasteiger partial charge on any atom is -0.488 e. The molecule has 2 aromatic carbocycles. The van der Waals surface area contributed by atoms with Crippen molar-refractivity contribution in [2.75, 3.05) is 0 Å². The highest BCUT2D eigenvalue weighted by molar-refractivity contribution is 9.10. The Morgan fingerprint density at radius 3 is 2.50 bits per heavy atom. The van der Waals surface area contributed by atoms with Gasteiger partial charge in [0.25, 0.3) is 0 Å². The van der Waals surface area contributed by atoms with Crippen LogP contribution < -0.4 is 4.74 Å². The van der Waals surface area contributed by atoms with E-state index in [1.54, 1.807) is 6.07 Å². The molecule has 104 valence electrons. The Bertz CT molecular complexity index is 659. The van der Waals surface area contributed by atoms with Gasteiger partial charge in [0, 0.05) is 5.56 Å².